The highest BCUT2D eigenvalue weighted by Crippen LogP contribution is 2.19. The molecule has 1 aromatic rings. The van der Waals surface area contributed by atoms with Crippen molar-refractivity contribution >= 4 is 5.91 Å². The number of carbonyl (C=O) groups is 1. The molecule has 1 amide bonds. The van der Waals surface area contributed by atoms with E-state index < -0.39 is 5.60 Å². The predicted molar refractivity (Wildman–Crippen MR) is 76.0 cm³/mol. The van der Waals surface area contributed by atoms with Gasteiger partial charge in [-0.2, -0.15) is 0 Å². The van der Waals surface area contributed by atoms with Crippen molar-refractivity contribution in [1.29, 1.82) is 0 Å². The average molecular weight is 264 g/mol. The second kappa shape index (κ2) is 6.66. The summed E-state index contributed by atoms with van der Waals surface area (Å²) in [5.41, 5.74) is 0.671. The first kappa shape index (κ1) is 15.6. The Bertz CT molecular complexity index is 430. The van der Waals surface area contributed by atoms with Gasteiger partial charge in [0.2, 0.25) is 0 Å². The number of aryl methyl sites for hydroxylation is 1. The first-order chi connectivity index (χ1) is 8.92. The van der Waals surface area contributed by atoms with Gasteiger partial charge in [0.05, 0.1) is 5.60 Å². The van der Waals surface area contributed by atoms with Gasteiger partial charge in [-0.15, -0.1) is 0 Å². The van der Waals surface area contributed by atoms with Crippen LogP contribution in [-0.2, 0) is 6.42 Å². The van der Waals surface area contributed by atoms with Gasteiger partial charge >= 0.3 is 0 Å². The third kappa shape index (κ3) is 4.03. The third-order valence-corrected chi connectivity index (χ3v) is 3.81. The molecule has 2 unspecified atom stereocenters. The van der Waals surface area contributed by atoms with Gasteiger partial charge in [-0.05, 0) is 30.9 Å². The van der Waals surface area contributed by atoms with Crippen molar-refractivity contribution in [2.24, 2.45) is 5.92 Å². The summed E-state index contributed by atoms with van der Waals surface area (Å²) in [4.78, 5) is 16.2. The molecule has 4 nitrogen and oxygen atoms in total. The fourth-order valence-corrected chi connectivity index (χ4v) is 1.90. The van der Waals surface area contributed by atoms with Crippen molar-refractivity contribution in [3.63, 3.8) is 0 Å². The van der Waals surface area contributed by atoms with Crippen LogP contribution in [0.2, 0.25) is 0 Å². The number of hydrogen-bond acceptors (Lipinski definition) is 3. The second-order valence-corrected chi connectivity index (χ2v) is 5.24. The van der Waals surface area contributed by atoms with Crippen molar-refractivity contribution in [3.8, 4) is 0 Å². The first-order valence-corrected chi connectivity index (χ1v) is 6.85. The second-order valence-electron chi connectivity index (χ2n) is 5.24. The zero-order valence-corrected chi connectivity index (χ0v) is 12.2. The lowest BCUT2D eigenvalue weighted by molar-refractivity contribution is 0.00591. The van der Waals surface area contributed by atoms with E-state index in [9.17, 15) is 9.90 Å². The van der Waals surface area contributed by atoms with Crippen LogP contribution in [0.5, 0.6) is 0 Å². The Kier molecular flexibility index (Phi) is 5.48. The summed E-state index contributed by atoms with van der Waals surface area (Å²) < 4.78 is 0. The number of amides is 1. The van der Waals surface area contributed by atoms with E-state index in [1.165, 1.54) is 0 Å². The Morgan fingerprint density at radius 2 is 2.21 bits per heavy atom. The number of nitrogens with one attached hydrogen (secondary N) is 1. The van der Waals surface area contributed by atoms with Gasteiger partial charge in [0.25, 0.3) is 5.91 Å². The van der Waals surface area contributed by atoms with E-state index in [0.29, 0.717) is 5.56 Å². The Labute approximate surface area is 115 Å². The molecular weight excluding hydrogens is 240 g/mol. The maximum absolute atomic E-state index is 12.1. The smallest absolute Gasteiger partial charge is 0.251 e. The molecule has 0 fully saturated rings. The lowest BCUT2D eigenvalue weighted by Gasteiger charge is -2.29. The van der Waals surface area contributed by atoms with E-state index >= 15 is 0 Å². The zero-order valence-electron chi connectivity index (χ0n) is 12.2. The van der Waals surface area contributed by atoms with Crippen LogP contribution in [0.15, 0.2) is 18.5 Å². The minimum atomic E-state index is -0.885. The molecule has 0 saturated heterocycles. The van der Waals surface area contributed by atoms with Gasteiger partial charge in [-0.1, -0.05) is 27.2 Å². The fraction of sp³-hybridized carbons (Fsp3) is 0.600. The van der Waals surface area contributed by atoms with Crippen LogP contribution in [0.3, 0.4) is 0 Å². The van der Waals surface area contributed by atoms with E-state index in [2.05, 4.69) is 10.3 Å². The Morgan fingerprint density at radius 3 is 2.79 bits per heavy atom. The molecule has 0 bridgehead atoms. The number of aliphatic hydroxyl groups is 1. The molecule has 4 heteroatoms. The number of hydrogen-bond donors (Lipinski definition) is 2. The molecule has 2 atom stereocenters. The molecule has 0 aliphatic carbocycles. The minimum absolute atomic E-state index is 0.135. The fourth-order valence-electron chi connectivity index (χ4n) is 1.90. The monoisotopic (exact) mass is 264 g/mol. The van der Waals surface area contributed by atoms with Crippen molar-refractivity contribution in [3.05, 3.63) is 29.6 Å². The largest absolute Gasteiger partial charge is 0.388 e. The van der Waals surface area contributed by atoms with Crippen molar-refractivity contribution in [2.45, 2.75) is 46.1 Å². The van der Waals surface area contributed by atoms with Crippen LogP contribution in [0, 0.1) is 5.92 Å². The number of aromatic nitrogens is 1. The van der Waals surface area contributed by atoms with Crippen LogP contribution in [-0.4, -0.2) is 28.1 Å². The molecule has 1 rings (SSSR count). The van der Waals surface area contributed by atoms with Crippen molar-refractivity contribution in [2.75, 3.05) is 6.54 Å². The normalized spacial score (nSPS) is 15.6. The standard InChI is InChI=1S/C15H24N2O2/c1-5-11(3)15(4,19)10-17-14(18)13-7-8-16-9-12(13)6-2/h7-9,11,19H,5-6,10H2,1-4H3,(H,17,18). The number of pyridine rings is 1. The van der Waals surface area contributed by atoms with Crippen molar-refractivity contribution in [1.82, 2.24) is 10.3 Å². The van der Waals surface area contributed by atoms with E-state index in [1.807, 2.05) is 20.8 Å². The van der Waals surface area contributed by atoms with Crippen LogP contribution in [0.1, 0.15) is 50.0 Å². The molecule has 1 heterocycles. The molecule has 0 aliphatic rings. The minimum Gasteiger partial charge on any atom is -0.388 e. The Morgan fingerprint density at radius 1 is 1.53 bits per heavy atom. The number of nitrogens with zero attached hydrogens (tertiary/aromatic N) is 1. The lowest BCUT2D eigenvalue weighted by atomic mass is 9.88. The maximum Gasteiger partial charge on any atom is 0.251 e. The van der Waals surface area contributed by atoms with Crippen LogP contribution >= 0.6 is 0 Å². The highest BCUT2D eigenvalue weighted by molar-refractivity contribution is 5.95. The molecule has 0 radical (unpaired) electrons. The van der Waals surface area contributed by atoms with E-state index in [4.69, 9.17) is 0 Å². The van der Waals surface area contributed by atoms with Gasteiger partial charge in [0.1, 0.15) is 0 Å². The molecule has 0 aliphatic heterocycles. The zero-order chi connectivity index (χ0) is 14.5. The summed E-state index contributed by atoms with van der Waals surface area (Å²) in [5, 5.41) is 13.1. The summed E-state index contributed by atoms with van der Waals surface area (Å²) in [6.45, 7) is 8.01. The topological polar surface area (TPSA) is 62.2 Å². The third-order valence-electron chi connectivity index (χ3n) is 3.81. The summed E-state index contributed by atoms with van der Waals surface area (Å²) in [7, 11) is 0. The molecule has 106 valence electrons. The average Bonchev–Trinajstić information content (AvgIpc) is 2.43. The predicted octanol–water partition coefficient (Wildman–Crippen LogP) is 2.17. The molecule has 19 heavy (non-hydrogen) atoms. The van der Waals surface area contributed by atoms with E-state index in [1.54, 1.807) is 25.4 Å². The molecule has 0 aromatic carbocycles. The van der Waals surface area contributed by atoms with Crippen LogP contribution in [0.25, 0.3) is 0 Å². The maximum atomic E-state index is 12.1. The number of rotatable bonds is 6. The summed E-state index contributed by atoms with van der Waals surface area (Å²) in [6, 6.07) is 1.71. The Hall–Kier alpha value is -1.42. The molecule has 0 spiro atoms. The van der Waals surface area contributed by atoms with Gasteiger partial charge in [-0.25, -0.2) is 0 Å². The summed E-state index contributed by atoms with van der Waals surface area (Å²) >= 11 is 0. The molecule has 1 aromatic heterocycles. The van der Waals surface area contributed by atoms with Gasteiger partial charge in [0, 0.05) is 24.5 Å². The van der Waals surface area contributed by atoms with Crippen molar-refractivity contribution < 1.29 is 9.90 Å². The summed E-state index contributed by atoms with van der Waals surface area (Å²) in [6.07, 6.45) is 4.96. The first-order valence-electron chi connectivity index (χ1n) is 6.85. The van der Waals surface area contributed by atoms with E-state index in [0.717, 1.165) is 18.4 Å². The summed E-state index contributed by atoms with van der Waals surface area (Å²) in [5.74, 6) is -0.0151. The molecule has 2 N–H and O–H groups in total. The quantitative estimate of drug-likeness (QED) is 0.827. The highest BCUT2D eigenvalue weighted by Gasteiger charge is 2.27. The highest BCUT2D eigenvalue weighted by atomic mass is 16.3. The Balaban J connectivity index is 2.70. The van der Waals surface area contributed by atoms with Gasteiger partial charge in [0.15, 0.2) is 0 Å². The number of carbonyl (C=O) groups excluding carboxylic acids is 1. The lowest BCUT2D eigenvalue weighted by Crippen LogP contribution is -2.45. The van der Waals surface area contributed by atoms with Gasteiger partial charge < -0.3 is 10.4 Å². The van der Waals surface area contributed by atoms with Crippen LogP contribution in [0.4, 0.5) is 0 Å². The SMILES string of the molecule is CCc1cnccc1C(=O)NCC(C)(O)C(C)CC. The van der Waals surface area contributed by atoms with Crippen LogP contribution < -0.4 is 5.32 Å². The molecule has 0 saturated carbocycles. The molecular formula is C15H24N2O2. The van der Waals surface area contributed by atoms with E-state index in [-0.39, 0.29) is 18.4 Å². The van der Waals surface area contributed by atoms with Gasteiger partial charge in [-0.3, -0.25) is 9.78 Å².